The molecule has 1 N–H and O–H groups in total. The predicted octanol–water partition coefficient (Wildman–Crippen LogP) is 4.13. The number of thiophene rings is 1. The molecule has 3 rings (SSSR count). The average Bonchev–Trinajstić information content (AvgIpc) is 3.32. The molecular formula is C20H19N3O2S. The van der Waals surface area contributed by atoms with Crippen LogP contribution in [0.4, 0.5) is 0 Å². The van der Waals surface area contributed by atoms with Gasteiger partial charge >= 0.3 is 5.97 Å². The van der Waals surface area contributed by atoms with Crippen LogP contribution in [-0.2, 0) is 9.53 Å². The number of aromatic amines is 1. The largest absolute Gasteiger partial charge is 0.465 e. The van der Waals surface area contributed by atoms with Crippen molar-refractivity contribution in [3.05, 3.63) is 58.4 Å². The van der Waals surface area contributed by atoms with Gasteiger partial charge in [0.1, 0.15) is 0 Å². The van der Waals surface area contributed by atoms with Crippen LogP contribution in [-0.4, -0.2) is 30.3 Å². The van der Waals surface area contributed by atoms with Crippen molar-refractivity contribution < 1.29 is 9.53 Å². The molecule has 1 aromatic carbocycles. The van der Waals surface area contributed by atoms with Crippen LogP contribution in [0.2, 0.25) is 0 Å². The molecule has 5 nitrogen and oxygen atoms in total. The number of esters is 1. The van der Waals surface area contributed by atoms with Crippen molar-refractivity contribution in [3.63, 3.8) is 0 Å². The van der Waals surface area contributed by atoms with Crippen molar-refractivity contribution in [2.45, 2.75) is 12.8 Å². The van der Waals surface area contributed by atoms with Gasteiger partial charge in [-0.3, -0.25) is 9.79 Å². The molecule has 0 unspecified atom stereocenters. The lowest BCUT2D eigenvalue weighted by atomic mass is 9.97. The number of carbonyl (C=O) groups excluding carboxylic acids is 1. The maximum atomic E-state index is 11.7. The van der Waals surface area contributed by atoms with Crippen molar-refractivity contribution in [2.24, 2.45) is 10.9 Å². The summed E-state index contributed by atoms with van der Waals surface area (Å²) in [6.07, 6.45) is 3.41. The Morgan fingerprint density at radius 2 is 2.23 bits per heavy atom. The van der Waals surface area contributed by atoms with Crippen LogP contribution in [0, 0.1) is 17.2 Å². The maximum Gasteiger partial charge on any atom is 0.328 e. The zero-order valence-electron chi connectivity index (χ0n) is 14.4. The number of fused-ring (bicyclic) bond motifs is 1. The van der Waals surface area contributed by atoms with E-state index in [1.807, 2.05) is 41.9 Å². The summed E-state index contributed by atoms with van der Waals surface area (Å²) in [6.45, 7) is 2.42. The topological polar surface area (TPSA) is 78.2 Å². The van der Waals surface area contributed by atoms with E-state index in [-0.39, 0.29) is 12.5 Å². The molecule has 3 aromatic rings. The van der Waals surface area contributed by atoms with E-state index in [9.17, 15) is 4.79 Å². The number of nitriles is 1. The first kappa shape index (κ1) is 17.9. The van der Waals surface area contributed by atoms with E-state index < -0.39 is 11.9 Å². The molecule has 0 radical (unpaired) electrons. The van der Waals surface area contributed by atoms with Crippen molar-refractivity contribution in [2.75, 3.05) is 13.2 Å². The Bertz CT molecular complexity index is 938. The fraction of sp³-hybridized carbons (Fsp3) is 0.250. The second-order valence-corrected chi connectivity index (χ2v) is 6.71. The average molecular weight is 365 g/mol. The number of ether oxygens (including phenoxy) is 1. The van der Waals surface area contributed by atoms with Gasteiger partial charge in [-0.2, -0.15) is 5.26 Å². The SMILES string of the molecule is CCOC(=O)[C@@H](C#N)C=NC[C@H](c1cccs1)c1c[nH]c2ccccc12. The highest BCUT2D eigenvalue weighted by molar-refractivity contribution is 7.10. The number of hydrogen-bond donors (Lipinski definition) is 1. The van der Waals surface area contributed by atoms with Crippen LogP contribution < -0.4 is 0 Å². The summed E-state index contributed by atoms with van der Waals surface area (Å²) in [5, 5.41) is 12.3. The number of H-pyrrole nitrogens is 1. The Hall–Kier alpha value is -2.91. The first-order chi connectivity index (χ1) is 12.7. The molecule has 0 saturated carbocycles. The van der Waals surface area contributed by atoms with E-state index in [1.165, 1.54) is 11.1 Å². The summed E-state index contributed by atoms with van der Waals surface area (Å²) in [5.41, 5.74) is 2.24. The summed E-state index contributed by atoms with van der Waals surface area (Å²) in [6, 6.07) is 14.2. The monoisotopic (exact) mass is 365 g/mol. The number of aromatic nitrogens is 1. The number of nitrogens with zero attached hydrogens (tertiary/aromatic N) is 2. The predicted molar refractivity (Wildman–Crippen MR) is 104 cm³/mol. The highest BCUT2D eigenvalue weighted by atomic mass is 32.1. The maximum absolute atomic E-state index is 11.7. The number of aliphatic imine (C=N–C) groups is 1. The van der Waals surface area contributed by atoms with Crippen LogP contribution >= 0.6 is 11.3 Å². The minimum absolute atomic E-state index is 0.0592. The summed E-state index contributed by atoms with van der Waals surface area (Å²) >= 11 is 1.67. The summed E-state index contributed by atoms with van der Waals surface area (Å²) in [4.78, 5) is 20.6. The normalized spacial score (nSPS) is 13.5. The molecule has 2 aromatic heterocycles. The molecular weight excluding hydrogens is 346 g/mol. The zero-order chi connectivity index (χ0) is 18.4. The number of hydrogen-bond acceptors (Lipinski definition) is 5. The van der Waals surface area contributed by atoms with Crippen LogP contribution in [0.15, 0.2) is 53.0 Å². The standard InChI is InChI=1S/C20H19N3O2S/c1-2-25-20(24)14(10-21)11-22-12-17(19-8-5-9-26-19)16-13-23-18-7-4-3-6-15(16)18/h3-9,11,13-14,17,23H,2,12H2,1H3/t14-,17-/m0/s1. The van der Waals surface area contributed by atoms with Gasteiger partial charge in [0.25, 0.3) is 0 Å². The molecule has 2 heterocycles. The van der Waals surface area contributed by atoms with Crippen molar-refractivity contribution in [1.29, 1.82) is 5.26 Å². The van der Waals surface area contributed by atoms with E-state index in [0.29, 0.717) is 6.54 Å². The Balaban J connectivity index is 1.86. The summed E-state index contributed by atoms with van der Waals surface area (Å²) < 4.78 is 4.90. The van der Waals surface area contributed by atoms with Crippen LogP contribution in [0.5, 0.6) is 0 Å². The van der Waals surface area contributed by atoms with E-state index >= 15 is 0 Å². The third kappa shape index (κ3) is 3.84. The fourth-order valence-corrected chi connectivity index (χ4v) is 3.70. The van der Waals surface area contributed by atoms with Crippen LogP contribution in [0.3, 0.4) is 0 Å². The molecule has 2 atom stereocenters. The number of rotatable bonds is 7. The number of benzene rings is 1. The quantitative estimate of drug-likeness (QED) is 0.505. The van der Waals surface area contributed by atoms with Gasteiger partial charge in [0.2, 0.25) is 0 Å². The third-order valence-electron chi connectivity index (χ3n) is 4.11. The molecule has 132 valence electrons. The number of para-hydroxylation sites is 1. The molecule has 0 fully saturated rings. The Kier molecular flexibility index (Phi) is 5.82. The van der Waals surface area contributed by atoms with Gasteiger partial charge < -0.3 is 9.72 Å². The van der Waals surface area contributed by atoms with Gasteiger partial charge in [-0.1, -0.05) is 24.3 Å². The Labute approximate surface area is 156 Å². The Morgan fingerprint density at radius 3 is 2.96 bits per heavy atom. The van der Waals surface area contributed by atoms with Crippen LogP contribution in [0.1, 0.15) is 23.3 Å². The molecule has 0 spiro atoms. The third-order valence-corrected chi connectivity index (χ3v) is 5.09. The molecule has 6 heteroatoms. The second-order valence-electron chi connectivity index (χ2n) is 5.73. The lowest BCUT2D eigenvalue weighted by Crippen LogP contribution is -2.17. The molecule has 0 aliphatic heterocycles. The molecule has 0 bridgehead atoms. The first-order valence-corrected chi connectivity index (χ1v) is 9.28. The molecule has 0 aliphatic carbocycles. The van der Waals surface area contributed by atoms with Gasteiger partial charge in [-0.15, -0.1) is 11.3 Å². The van der Waals surface area contributed by atoms with Gasteiger partial charge in [0.15, 0.2) is 5.92 Å². The van der Waals surface area contributed by atoms with Crippen molar-refractivity contribution >= 4 is 34.4 Å². The minimum Gasteiger partial charge on any atom is -0.465 e. The second kappa shape index (κ2) is 8.45. The van der Waals surface area contributed by atoms with Gasteiger partial charge in [0, 0.05) is 34.1 Å². The molecule has 0 amide bonds. The molecule has 26 heavy (non-hydrogen) atoms. The van der Waals surface area contributed by atoms with E-state index in [1.54, 1.807) is 18.3 Å². The zero-order valence-corrected chi connectivity index (χ0v) is 15.2. The summed E-state index contributed by atoms with van der Waals surface area (Å²) in [5.74, 6) is -1.47. The van der Waals surface area contributed by atoms with Crippen LogP contribution in [0.25, 0.3) is 10.9 Å². The first-order valence-electron chi connectivity index (χ1n) is 8.40. The smallest absolute Gasteiger partial charge is 0.328 e. The van der Waals surface area contributed by atoms with Gasteiger partial charge in [0.05, 0.1) is 19.2 Å². The van der Waals surface area contributed by atoms with E-state index in [4.69, 9.17) is 10.00 Å². The lowest BCUT2D eigenvalue weighted by Gasteiger charge is -2.13. The Morgan fingerprint density at radius 1 is 1.38 bits per heavy atom. The highest BCUT2D eigenvalue weighted by Crippen LogP contribution is 2.33. The van der Waals surface area contributed by atoms with Gasteiger partial charge in [-0.25, -0.2) is 0 Å². The summed E-state index contributed by atoms with van der Waals surface area (Å²) in [7, 11) is 0. The highest BCUT2D eigenvalue weighted by Gasteiger charge is 2.20. The van der Waals surface area contributed by atoms with Crippen molar-refractivity contribution in [1.82, 2.24) is 4.98 Å². The number of nitrogens with one attached hydrogen (secondary N) is 1. The lowest BCUT2D eigenvalue weighted by molar-refractivity contribution is -0.143. The van der Waals surface area contributed by atoms with Gasteiger partial charge in [-0.05, 0) is 30.0 Å². The minimum atomic E-state index is -0.970. The number of carbonyl (C=O) groups is 1. The molecule has 0 aliphatic rings. The fourth-order valence-electron chi connectivity index (χ4n) is 2.86. The van der Waals surface area contributed by atoms with E-state index in [0.717, 1.165) is 16.5 Å². The van der Waals surface area contributed by atoms with E-state index in [2.05, 4.69) is 22.1 Å². The van der Waals surface area contributed by atoms with Crippen molar-refractivity contribution in [3.8, 4) is 6.07 Å². The molecule has 0 saturated heterocycles.